The molecule has 3 aromatic carbocycles. The van der Waals surface area contributed by atoms with Crippen LogP contribution in [0.2, 0.25) is 0 Å². The maximum atomic E-state index is 6.80. The van der Waals surface area contributed by atoms with Crippen LogP contribution in [0.4, 0.5) is 0 Å². The molecular formula is C27H25NO3. The van der Waals surface area contributed by atoms with Crippen molar-refractivity contribution in [1.82, 2.24) is 4.98 Å². The first-order valence-electron chi connectivity index (χ1n) is 10.1. The monoisotopic (exact) mass is 411 g/mol. The van der Waals surface area contributed by atoms with E-state index in [1.54, 1.807) is 20.4 Å². The second-order valence-corrected chi connectivity index (χ2v) is 7.15. The summed E-state index contributed by atoms with van der Waals surface area (Å²) in [5, 5.41) is 0. The van der Waals surface area contributed by atoms with Gasteiger partial charge in [-0.25, -0.2) is 0 Å². The molecule has 0 N–H and O–H groups in total. The molecule has 0 unspecified atom stereocenters. The van der Waals surface area contributed by atoms with Crippen molar-refractivity contribution in [3.63, 3.8) is 0 Å². The molecular weight excluding hydrogens is 386 g/mol. The zero-order valence-electron chi connectivity index (χ0n) is 17.7. The van der Waals surface area contributed by atoms with Crippen LogP contribution in [0.1, 0.15) is 22.3 Å². The van der Waals surface area contributed by atoms with E-state index < -0.39 is 5.60 Å². The van der Waals surface area contributed by atoms with Gasteiger partial charge in [0.2, 0.25) is 0 Å². The minimum Gasteiger partial charge on any atom is -0.497 e. The van der Waals surface area contributed by atoms with Crippen molar-refractivity contribution in [2.24, 2.45) is 0 Å². The van der Waals surface area contributed by atoms with Gasteiger partial charge in [0.25, 0.3) is 0 Å². The molecule has 31 heavy (non-hydrogen) atoms. The van der Waals surface area contributed by atoms with Gasteiger partial charge in [-0.05, 0) is 52.6 Å². The molecule has 0 aliphatic carbocycles. The number of pyridine rings is 1. The summed E-state index contributed by atoms with van der Waals surface area (Å²) < 4.78 is 17.6. The molecule has 1 heterocycles. The maximum Gasteiger partial charge on any atom is 0.144 e. The summed E-state index contributed by atoms with van der Waals surface area (Å²) >= 11 is 0. The Morgan fingerprint density at radius 3 is 1.68 bits per heavy atom. The fourth-order valence-corrected chi connectivity index (χ4v) is 3.75. The predicted octanol–water partition coefficient (Wildman–Crippen LogP) is 5.61. The molecule has 4 rings (SSSR count). The summed E-state index contributed by atoms with van der Waals surface area (Å²) in [5.41, 5.74) is 3.23. The lowest BCUT2D eigenvalue weighted by molar-refractivity contribution is 0.0000713. The number of ether oxygens (including phenoxy) is 3. The Morgan fingerprint density at radius 2 is 1.19 bits per heavy atom. The van der Waals surface area contributed by atoms with Gasteiger partial charge in [-0.2, -0.15) is 0 Å². The Balaban J connectivity index is 1.89. The zero-order chi connectivity index (χ0) is 21.5. The lowest BCUT2D eigenvalue weighted by atomic mass is 9.80. The quantitative estimate of drug-likeness (QED) is 0.354. The van der Waals surface area contributed by atoms with Crippen molar-refractivity contribution >= 4 is 0 Å². The molecule has 0 saturated carbocycles. The van der Waals surface area contributed by atoms with Crippen molar-refractivity contribution in [3.05, 3.63) is 126 Å². The highest BCUT2D eigenvalue weighted by Gasteiger charge is 2.37. The van der Waals surface area contributed by atoms with Gasteiger partial charge in [0, 0.05) is 12.4 Å². The van der Waals surface area contributed by atoms with Crippen LogP contribution in [-0.4, -0.2) is 19.2 Å². The minimum atomic E-state index is -0.824. The van der Waals surface area contributed by atoms with E-state index >= 15 is 0 Å². The van der Waals surface area contributed by atoms with E-state index in [4.69, 9.17) is 14.2 Å². The molecule has 4 aromatic rings. The first-order chi connectivity index (χ1) is 15.3. The molecule has 0 spiro atoms. The molecule has 0 fully saturated rings. The topological polar surface area (TPSA) is 40.6 Å². The smallest absolute Gasteiger partial charge is 0.144 e. The van der Waals surface area contributed by atoms with Gasteiger partial charge in [-0.3, -0.25) is 4.98 Å². The Labute approximate surface area is 183 Å². The van der Waals surface area contributed by atoms with Crippen LogP contribution in [0.25, 0.3) is 0 Å². The summed E-state index contributed by atoms with van der Waals surface area (Å²) in [6.45, 7) is 0.404. The zero-order valence-corrected chi connectivity index (χ0v) is 17.7. The second-order valence-electron chi connectivity index (χ2n) is 7.15. The van der Waals surface area contributed by atoms with Crippen LogP contribution >= 0.6 is 0 Å². The van der Waals surface area contributed by atoms with Crippen LogP contribution in [0.5, 0.6) is 11.5 Å². The molecule has 1 aromatic heterocycles. The Kier molecular flexibility index (Phi) is 6.29. The summed E-state index contributed by atoms with van der Waals surface area (Å²) in [6, 6.07) is 30.3. The number of benzene rings is 3. The number of hydrogen-bond donors (Lipinski definition) is 0. The predicted molar refractivity (Wildman–Crippen MR) is 121 cm³/mol. The van der Waals surface area contributed by atoms with Gasteiger partial charge in [-0.1, -0.05) is 60.7 Å². The van der Waals surface area contributed by atoms with E-state index in [0.29, 0.717) is 6.61 Å². The van der Waals surface area contributed by atoms with Gasteiger partial charge in [0.15, 0.2) is 0 Å². The summed E-state index contributed by atoms with van der Waals surface area (Å²) in [4.78, 5) is 4.24. The van der Waals surface area contributed by atoms with Crippen LogP contribution in [0, 0.1) is 0 Å². The first kappa shape index (κ1) is 20.6. The van der Waals surface area contributed by atoms with Gasteiger partial charge in [0.05, 0.1) is 20.8 Å². The van der Waals surface area contributed by atoms with Crippen molar-refractivity contribution in [3.8, 4) is 11.5 Å². The van der Waals surface area contributed by atoms with E-state index in [2.05, 4.69) is 41.4 Å². The molecule has 0 radical (unpaired) electrons. The molecule has 0 bridgehead atoms. The van der Waals surface area contributed by atoms with E-state index in [1.165, 1.54) is 0 Å². The van der Waals surface area contributed by atoms with Crippen molar-refractivity contribution in [2.75, 3.05) is 14.2 Å². The molecule has 0 aliphatic heterocycles. The first-order valence-corrected chi connectivity index (χ1v) is 10.1. The minimum absolute atomic E-state index is 0.404. The average molecular weight is 412 g/mol. The molecule has 4 heteroatoms. The lowest BCUT2D eigenvalue weighted by Gasteiger charge is -2.36. The highest BCUT2D eigenvalue weighted by atomic mass is 16.5. The molecule has 0 saturated heterocycles. The van der Waals surface area contributed by atoms with Gasteiger partial charge < -0.3 is 14.2 Å². The van der Waals surface area contributed by atoms with Crippen LogP contribution < -0.4 is 9.47 Å². The van der Waals surface area contributed by atoms with Crippen molar-refractivity contribution in [2.45, 2.75) is 12.2 Å². The average Bonchev–Trinajstić information content (AvgIpc) is 2.86. The molecule has 0 amide bonds. The third kappa shape index (κ3) is 4.30. The highest BCUT2D eigenvalue weighted by molar-refractivity contribution is 5.49. The fraction of sp³-hybridized carbons (Fsp3) is 0.148. The summed E-state index contributed by atoms with van der Waals surface area (Å²) in [7, 11) is 3.34. The van der Waals surface area contributed by atoms with E-state index in [1.807, 2.05) is 60.8 Å². The number of aromatic nitrogens is 1. The largest absolute Gasteiger partial charge is 0.497 e. The lowest BCUT2D eigenvalue weighted by Crippen LogP contribution is -2.32. The maximum absolute atomic E-state index is 6.80. The van der Waals surface area contributed by atoms with Gasteiger partial charge in [0.1, 0.15) is 17.1 Å². The molecule has 0 atom stereocenters. The van der Waals surface area contributed by atoms with Crippen LogP contribution in [0.3, 0.4) is 0 Å². The van der Waals surface area contributed by atoms with E-state index in [-0.39, 0.29) is 0 Å². The number of hydrogen-bond acceptors (Lipinski definition) is 4. The Hall–Kier alpha value is -3.63. The summed E-state index contributed by atoms with van der Waals surface area (Å²) in [6.07, 6.45) is 3.60. The molecule has 4 nitrogen and oxygen atoms in total. The van der Waals surface area contributed by atoms with Crippen molar-refractivity contribution < 1.29 is 14.2 Å². The Morgan fingerprint density at radius 1 is 0.645 bits per heavy atom. The van der Waals surface area contributed by atoms with Crippen LogP contribution in [-0.2, 0) is 16.9 Å². The van der Waals surface area contributed by atoms with Crippen LogP contribution in [0.15, 0.2) is 103 Å². The fourth-order valence-electron chi connectivity index (χ4n) is 3.75. The third-order valence-electron chi connectivity index (χ3n) is 5.35. The Bertz CT molecular complexity index is 1030. The SMILES string of the molecule is COc1ccc(C(OCc2cccnc2)(c2ccccc2)c2ccc(OC)cc2)cc1. The molecule has 156 valence electrons. The third-order valence-corrected chi connectivity index (χ3v) is 5.35. The second kappa shape index (κ2) is 9.45. The molecule has 0 aliphatic rings. The van der Waals surface area contributed by atoms with Gasteiger partial charge in [-0.15, -0.1) is 0 Å². The summed E-state index contributed by atoms with van der Waals surface area (Å²) in [5.74, 6) is 1.60. The van der Waals surface area contributed by atoms with Crippen molar-refractivity contribution in [1.29, 1.82) is 0 Å². The number of methoxy groups -OCH3 is 2. The van der Waals surface area contributed by atoms with E-state index in [0.717, 1.165) is 33.8 Å². The van der Waals surface area contributed by atoms with Gasteiger partial charge >= 0.3 is 0 Å². The standard InChI is InChI=1S/C27H25NO3/c1-29-25-14-10-23(11-15-25)27(22-8-4-3-5-9-22,24-12-16-26(30-2)17-13-24)31-20-21-7-6-18-28-19-21/h3-19H,20H2,1-2H3. The number of nitrogens with zero attached hydrogens (tertiary/aromatic N) is 1. The highest BCUT2D eigenvalue weighted by Crippen LogP contribution is 2.42. The number of rotatable bonds is 8. The van der Waals surface area contributed by atoms with E-state index in [9.17, 15) is 0 Å². The normalized spacial score (nSPS) is 11.2.